The molecule has 2 aromatic rings. The molecule has 0 unspecified atom stereocenters. The summed E-state index contributed by atoms with van der Waals surface area (Å²) in [4.78, 5) is 17.8. The van der Waals surface area contributed by atoms with Gasteiger partial charge in [0.1, 0.15) is 5.60 Å². The molecule has 0 aliphatic rings. The van der Waals surface area contributed by atoms with E-state index in [9.17, 15) is 4.79 Å². The van der Waals surface area contributed by atoms with Crippen molar-refractivity contribution in [2.45, 2.75) is 45.3 Å². The first kappa shape index (κ1) is 19.6. The summed E-state index contributed by atoms with van der Waals surface area (Å²) >= 11 is 0. The van der Waals surface area contributed by atoms with E-state index >= 15 is 0 Å². The van der Waals surface area contributed by atoms with Crippen molar-refractivity contribution in [1.29, 1.82) is 0 Å². The fourth-order valence-corrected chi connectivity index (χ4v) is 2.58. The van der Waals surface area contributed by atoms with E-state index in [0.29, 0.717) is 6.42 Å². The standard InChI is InChI=1S/C23H27NO2/c1-6-17-23(5,21(25)26-22(2,3)4)24-20(18-13-9-7-10-14-18)19-15-11-8-12-16-19/h6-16H,1,17H2,2-5H3/t23-/m1/s1. The number of hydrogen-bond donors (Lipinski definition) is 0. The Balaban J connectivity index is 2.57. The highest BCUT2D eigenvalue weighted by atomic mass is 16.6. The third-order valence-corrected chi connectivity index (χ3v) is 3.83. The molecule has 0 N–H and O–H groups in total. The first-order valence-corrected chi connectivity index (χ1v) is 8.80. The van der Waals surface area contributed by atoms with Crippen LogP contribution in [0.2, 0.25) is 0 Å². The Morgan fingerprint density at radius 2 is 1.42 bits per heavy atom. The predicted molar refractivity (Wildman–Crippen MR) is 108 cm³/mol. The predicted octanol–water partition coefficient (Wildman–Crippen LogP) is 5.20. The summed E-state index contributed by atoms with van der Waals surface area (Å²) in [5.74, 6) is -0.353. The second-order valence-corrected chi connectivity index (χ2v) is 7.46. The second kappa shape index (κ2) is 8.13. The number of carbonyl (C=O) groups excluding carboxylic acids is 1. The van der Waals surface area contributed by atoms with Crippen molar-refractivity contribution >= 4 is 11.7 Å². The molecule has 0 bridgehead atoms. The molecule has 1 atom stereocenters. The number of benzene rings is 2. The Bertz CT molecular complexity index is 731. The molecule has 26 heavy (non-hydrogen) atoms. The zero-order valence-electron chi connectivity index (χ0n) is 16.0. The lowest BCUT2D eigenvalue weighted by molar-refractivity contribution is -0.160. The first-order chi connectivity index (χ1) is 12.2. The number of esters is 1. The van der Waals surface area contributed by atoms with Gasteiger partial charge in [-0.05, 0) is 27.7 Å². The molecule has 0 saturated carbocycles. The molecular weight excluding hydrogens is 322 g/mol. The molecule has 0 radical (unpaired) electrons. The van der Waals surface area contributed by atoms with Crippen molar-refractivity contribution in [2.24, 2.45) is 4.99 Å². The highest BCUT2D eigenvalue weighted by Gasteiger charge is 2.36. The Labute approximate surface area is 156 Å². The van der Waals surface area contributed by atoms with Crippen LogP contribution in [-0.4, -0.2) is 22.8 Å². The van der Waals surface area contributed by atoms with E-state index in [1.165, 1.54) is 0 Å². The maximum absolute atomic E-state index is 12.9. The number of ether oxygens (including phenoxy) is 1. The molecule has 0 aromatic heterocycles. The van der Waals surface area contributed by atoms with E-state index < -0.39 is 11.1 Å². The quantitative estimate of drug-likeness (QED) is 0.408. The minimum Gasteiger partial charge on any atom is -0.458 e. The van der Waals surface area contributed by atoms with E-state index in [2.05, 4.69) is 6.58 Å². The Morgan fingerprint density at radius 3 is 1.81 bits per heavy atom. The molecule has 2 aromatic carbocycles. The molecule has 136 valence electrons. The van der Waals surface area contributed by atoms with Crippen molar-refractivity contribution in [3.63, 3.8) is 0 Å². The molecule has 0 aliphatic carbocycles. The van der Waals surface area contributed by atoms with Crippen LogP contribution in [0, 0.1) is 0 Å². The van der Waals surface area contributed by atoms with Gasteiger partial charge in [-0.3, -0.25) is 4.99 Å². The third-order valence-electron chi connectivity index (χ3n) is 3.83. The molecule has 0 fully saturated rings. The van der Waals surface area contributed by atoms with Gasteiger partial charge in [0.2, 0.25) is 0 Å². The van der Waals surface area contributed by atoms with Crippen LogP contribution >= 0.6 is 0 Å². The summed E-state index contributed by atoms with van der Waals surface area (Å²) in [6.07, 6.45) is 2.10. The van der Waals surface area contributed by atoms with E-state index in [-0.39, 0.29) is 5.97 Å². The summed E-state index contributed by atoms with van der Waals surface area (Å²) < 4.78 is 5.63. The lowest BCUT2D eigenvalue weighted by Gasteiger charge is -2.29. The van der Waals surface area contributed by atoms with Crippen LogP contribution in [-0.2, 0) is 9.53 Å². The van der Waals surface area contributed by atoms with E-state index in [1.807, 2.05) is 81.4 Å². The smallest absolute Gasteiger partial charge is 0.334 e. The monoisotopic (exact) mass is 349 g/mol. The van der Waals surface area contributed by atoms with Crippen LogP contribution < -0.4 is 0 Å². The van der Waals surface area contributed by atoms with Gasteiger partial charge in [-0.1, -0.05) is 66.7 Å². The maximum Gasteiger partial charge on any atom is 0.334 e. The lowest BCUT2D eigenvalue weighted by atomic mass is 9.95. The van der Waals surface area contributed by atoms with Gasteiger partial charge in [-0.25, -0.2) is 4.79 Å². The van der Waals surface area contributed by atoms with E-state index in [1.54, 1.807) is 13.0 Å². The normalized spacial score (nSPS) is 13.4. The van der Waals surface area contributed by atoms with Crippen molar-refractivity contribution in [3.8, 4) is 0 Å². The molecule has 0 heterocycles. The van der Waals surface area contributed by atoms with Gasteiger partial charge in [0.15, 0.2) is 5.54 Å². The molecule has 0 aliphatic heterocycles. The third kappa shape index (κ3) is 5.16. The van der Waals surface area contributed by atoms with Gasteiger partial charge in [-0.2, -0.15) is 0 Å². The Kier molecular flexibility index (Phi) is 6.14. The van der Waals surface area contributed by atoms with Crippen molar-refractivity contribution in [1.82, 2.24) is 0 Å². The summed E-state index contributed by atoms with van der Waals surface area (Å²) in [6, 6.07) is 19.8. The van der Waals surface area contributed by atoms with Crippen LogP contribution in [0.3, 0.4) is 0 Å². The molecule has 0 spiro atoms. The molecule has 0 saturated heterocycles. The van der Waals surface area contributed by atoms with E-state index in [0.717, 1.165) is 16.8 Å². The van der Waals surface area contributed by atoms with Gasteiger partial charge in [0.25, 0.3) is 0 Å². The Hall–Kier alpha value is -2.68. The zero-order valence-corrected chi connectivity index (χ0v) is 16.0. The summed E-state index contributed by atoms with van der Waals surface area (Å²) in [7, 11) is 0. The molecular formula is C23H27NO2. The second-order valence-electron chi connectivity index (χ2n) is 7.46. The number of carbonyl (C=O) groups is 1. The number of rotatable bonds is 6. The fourth-order valence-electron chi connectivity index (χ4n) is 2.58. The number of aliphatic imine (C=N–C) groups is 1. The summed E-state index contributed by atoms with van der Waals surface area (Å²) in [5.41, 5.74) is 1.06. The highest BCUT2D eigenvalue weighted by Crippen LogP contribution is 2.25. The minimum atomic E-state index is -1.05. The highest BCUT2D eigenvalue weighted by molar-refractivity contribution is 6.13. The fraction of sp³-hybridized carbons (Fsp3) is 0.304. The maximum atomic E-state index is 12.9. The first-order valence-electron chi connectivity index (χ1n) is 8.80. The topological polar surface area (TPSA) is 38.7 Å². The average Bonchev–Trinajstić information content (AvgIpc) is 2.60. The van der Waals surface area contributed by atoms with Gasteiger partial charge < -0.3 is 4.74 Å². The van der Waals surface area contributed by atoms with Crippen LogP contribution in [0.15, 0.2) is 78.3 Å². The van der Waals surface area contributed by atoms with Gasteiger partial charge in [0.05, 0.1) is 5.71 Å². The average molecular weight is 349 g/mol. The zero-order chi connectivity index (χ0) is 19.2. The van der Waals surface area contributed by atoms with Gasteiger partial charge in [0, 0.05) is 17.5 Å². The number of nitrogens with zero attached hydrogens (tertiary/aromatic N) is 1. The molecule has 0 amide bonds. The summed E-state index contributed by atoms with van der Waals surface area (Å²) in [6.45, 7) is 11.2. The molecule has 2 rings (SSSR count). The van der Waals surface area contributed by atoms with Crippen LogP contribution in [0.5, 0.6) is 0 Å². The minimum absolute atomic E-state index is 0.353. The van der Waals surface area contributed by atoms with Gasteiger partial charge in [-0.15, -0.1) is 6.58 Å². The lowest BCUT2D eigenvalue weighted by Crippen LogP contribution is -2.40. The SMILES string of the molecule is C=CC[C@@](C)(N=C(c1ccccc1)c1ccccc1)C(=O)OC(C)(C)C. The van der Waals surface area contributed by atoms with Crippen molar-refractivity contribution < 1.29 is 9.53 Å². The Morgan fingerprint density at radius 1 is 0.962 bits per heavy atom. The summed E-state index contributed by atoms with van der Waals surface area (Å²) in [5, 5.41) is 0. The number of hydrogen-bond acceptors (Lipinski definition) is 3. The van der Waals surface area contributed by atoms with Crippen molar-refractivity contribution in [3.05, 3.63) is 84.4 Å². The van der Waals surface area contributed by atoms with Gasteiger partial charge >= 0.3 is 5.97 Å². The van der Waals surface area contributed by atoms with Crippen molar-refractivity contribution in [2.75, 3.05) is 0 Å². The molecule has 3 nitrogen and oxygen atoms in total. The van der Waals surface area contributed by atoms with Crippen LogP contribution in [0.1, 0.15) is 45.2 Å². The molecule has 3 heteroatoms. The van der Waals surface area contributed by atoms with Crippen LogP contribution in [0.25, 0.3) is 0 Å². The van der Waals surface area contributed by atoms with Crippen LogP contribution in [0.4, 0.5) is 0 Å². The van der Waals surface area contributed by atoms with E-state index in [4.69, 9.17) is 9.73 Å². The largest absolute Gasteiger partial charge is 0.458 e.